The number of nitrogens with one attached hydrogen (secondary N) is 1. The number of aliphatic hydroxyl groups excluding tert-OH is 1. The highest BCUT2D eigenvalue weighted by Gasteiger charge is 2.32. The third-order valence-corrected chi connectivity index (χ3v) is 4.55. The van der Waals surface area contributed by atoms with Gasteiger partial charge in [0, 0.05) is 49.8 Å². The molecule has 0 aromatic carbocycles. The van der Waals surface area contributed by atoms with Gasteiger partial charge < -0.3 is 20.2 Å². The molecule has 1 unspecified atom stereocenters. The lowest BCUT2D eigenvalue weighted by Gasteiger charge is -2.34. The van der Waals surface area contributed by atoms with E-state index in [9.17, 15) is 19.5 Å². The molecular formula is C15H25N3O4S. The first-order valence-corrected chi connectivity index (χ1v) is 8.80. The zero-order valence-corrected chi connectivity index (χ0v) is 14.5. The van der Waals surface area contributed by atoms with Gasteiger partial charge in [-0.3, -0.25) is 14.4 Å². The summed E-state index contributed by atoms with van der Waals surface area (Å²) in [7, 11) is 0. The van der Waals surface area contributed by atoms with E-state index in [1.807, 2.05) is 6.92 Å². The van der Waals surface area contributed by atoms with Gasteiger partial charge in [-0.25, -0.2) is 0 Å². The summed E-state index contributed by atoms with van der Waals surface area (Å²) >= 11 is 1.48. The number of hydrogen-bond donors (Lipinski definition) is 2. The van der Waals surface area contributed by atoms with Gasteiger partial charge in [0.05, 0.1) is 6.10 Å². The van der Waals surface area contributed by atoms with Crippen molar-refractivity contribution in [1.82, 2.24) is 15.1 Å². The SMILES string of the molecule is C=C(C)C(=O)NCCSCC(O)CN1CCN(CC)C(=O)C1=O. The first-order valence-electron chi connectivity index (χ1n) is 7.64. The molecule has 1 rings (SSSR count). The summed E-state index contributed by atoms with van der Waals surface area (Å²) in [4.78, 5) is 37.9. The van der Waals surface area contributed by atoms with Gasteiger partial charge in [0.15, 0.2) is 0 Å². The number of carbonyl (C=O) groups excluding carboxylic acids is 3. The van der Waals surface area contributed by atoms with Crippen molar-refractivity contribution >= 4 is 29.5 Å². The number of rotatable bonds is 9. The van der Waals surface area contributed by atoms with Crippen LogP contribution in [0.25, 0.3) is 0 Å². The second-order valence-corrected chi connectivity index (χ2v) is 6.55. The summed E-state index contributed by atoms with van der Waals surface area (Å²) in [5, 5.41) is 12.7. The van der Waals surface area contributed by atoms with Gasteiger partial charge in [0.25, 0.3) is 0 Å². The second kappa shape index (κ2) is 9.57. The summed E-state index contributed by atoms with van der Waals surface area (Å²) in [6, 6.07) is 0. The van der Waals surface area contributed by atoms with Crippen LogP contribution in [0.5, 0.6) is 0 Å². The van der Waals surface area contributed by atoms with E-state index >= 15 is 0 Å². The fourth-order valence-electron chi connectivity index (χ4n) is 2.11. The molecule has 130 valence electrons. The molecule has 1 fully saturated rings. The van der Waals surface area contributed by atoms with Crippen molar-refractivity contribution in [2.45, 2.75) is 20.0 Å². The number of nitrogens with zero attached hydrogens (tertiary/aromatic N) is 2. The molecule has 7 nitrogen and oxygen atoms in total. The summed E-state index contributed by atoms with van der Waals surface area (Å²) in [5.41, 5.74) is 0.462. The smallest absolute Gasteiger partial charge is 0.312 e. The summed E-state index contributed by atoms with van der Waals surface area (Å²) in [6.07, 6.45) is -0.693. The Morgan fingerprint density at radius 1 is 1.35 bits per heavy atom. The Labute approximate surface area is 141 Å². The lowest BCUT2D eigenvalue weighted by Crippen LogP contribution is -2.55. The third-order valence-electron chi connectivity index (χ3n) is 3.44. The van der Waals surface area contributed by atoms with Gasteiger partial charge in [0.1, 0.15) is 0 Å². The van der Waals surface area contributed by atoms with Crippen LogP contribution < -0.4 is 5.32 Å². The number of hydrogen-bond acceptors (Lipinski definition) is 5. The molecule has 0 aromatic heterocycles. The number of carbonyl (C=O) groups is 3. The Morgan fingerprint density at radius 3 is 2.57 bits per heavy atom. The molecule has 2 N–H and O–H groups in total. The van der Waals surface area contributed by atoms with Crippen LogP contribution in [0.3, 0.4) is 0 Å². The average molecular weight is 343 g/mol. The number of piperazine rings is 1. The molecule has 1 aliphatic rings. The minimum absolute atomic E-state index is 0.160. The maximum atomic E-state index is 11.9. The van der Waals surface area contributed by atoms with Crippen molar-refractivity contribution in [3.63, 3.8) is 0 Å². The van der Waals surface area contributed by atoms with Crippen molar-refractivity contribution < 1.29 is 19.5 Å². The molecule has 1 heterocycles. The van der Waals surface area contributed by atoms with Crippen LogP contribution in [0, 0.1) is 0 Å². The maximum Gasteiger partial charge on any atom is 0.312 e. The van der Waals surface area contributed by atoms with E-state index in [1.165, 1.54) is 21.6 Å². The van der Waals surface area contributed by atoms with E-state index in [-0.39, 0.29) is 12.5 Å². The number of thioether (sulfide) groups is 1. The highest BCUT2D eigenvalue weighted by molar-refractivity contribution is 7.99. The number of β-amino-alcohol motifs (C(OH)–C–C–N with tert-alkyl or cyclic N) is 1. The lowest BCUT2D eigenvalue weighted by atomic mass is 10.2. The molecule has 23 heavy (non-hydrogen) atoms. The van der Waals surface area contributed by atoms with Crippen LogP contribution in [0.15, 0.2) is 12.2 Å². The maximum absolute atomic E-state index is 11.9. The van der Waals surface area contributed by atoms with Crippen LogP contribution in [0.4, 0.5) is 0 Å². The molecule has 1 saturated heterocycles. The monoisotopic (exact) mass is 343 g/mol. The lowest BCUT2D eigenvalue weighted by molar-refractivity contribution is -0.156. The number of aliphatic hydroxyl groups is 1. The molecule has 0 bridgehead atoms. The standard InChI is InChI=1S/C15H25N3O4S/c1-4-17-6-7-18(15(22)14(17)21)9-12(19)10-23-8-5-16-13(20)11(2)3/h12,19H,2,4-10H2,1,3H3,(H,16,20). The van der Waals surface area contributed by atoms with Gasteiger partial charge in [-0.2, -0.15) is 11.8 Å². The Kier molecular flexibility index (Phi) is 8.11. The molecule has 0 aliphatic carbocycles. The summed E-state index contributed by atoms with van der Waals surface area (Å²) in [5.74, 6) is -0.119. The van der Waals surface area contributed by atoms with Crippen molar-refractivity contribution in [2.24, 2.45) is 0 Å². The van der Waals surface area contributed by atoms with Crippen LogP contribution in [0.1, 0.15) is 13.8 Å². The quantitative estimate of drug-likeness (QED) is 0.333. The van der Waals surface area contributed by atoms with Crippen molar-refractivity contribution in [1.29, 1.82) is 0 Å². The molecule has 0 spiro atoms. The molecule has 1 aliphatic heterocycles. The van der Waals surface area contributed by atoms with Crippen LogP contribution >= 0.6 is 11.8 Å². The van der Waals surface area contributed by atoms with Crippen LogP contribution in [-0.4, -0.2) is 83.0 Å². The fraction of sp³-hybridized carbons (Fsp3) is 0.667. The van der Waals surface area contributed by atoms with E-state index in [2.05, 4.69) is 11.9 Å². The van der Waals surface area contributed by atoms with E-state index < -0.39 is 17.9 Å². The minimum atomic E-state index is -0.693. The normalized spacial score (nSPS) is 16.5. The van der Waals surface area contributed by atoms with Crippen LogP contribution in [0.2, 0.25) is 0 Å². The van der Waals surface area contributed by atoms with E-state index in [1.54, 1.807) is 6.92 Å². The predicted molar refractivity (Wildman–Crippen MR) is 90.0 cm³/mol. The zero-order chi connectivity index (χ0) is 17.4. The Balaban J connectivity index is 2.23. The van der Waals surface area contributed by atoms with E-state index in [0.717, 1.165) is 0 Å². The molecule has 3 amide bonds. The highest BCUT2D eigenvalue weighted by atomic mass is 32.2. The summed E-state index contributed by atoms with van der Waals surface area (Å²) < 4.78 is 0. The van der Waals surface area contributed by atoms with Gasteiger partial charge in [-0.1, -0.05) is 6.58 Å². The minimum Gasteiger partial charge on any atom is -0.390 e. The molecular weight excluding hydrogens is 318 g/mol. The van der Waals surface area contributed by atoms with E-state index in [0.29, 0.717) is 43.3 Å². The predicted octanol–water partition coefficient (Wildman–Crippen LogP) is -0.536. The largest absolute Gasteiger partial charge is 0.390 e. The first kappa shape index (κ1) is 19.5. The van der Waals surface area contributed by atoms with Crippen molar-refractivity contribution in [3.8, 4) is 0 Å². The summed E-state index contributed by atoms with van der Waals surface area (Å²) in [6.45, 7) is 9.16. The molecule has 8 heteroatoms. The molecule has 0 radical (unpaired) electrons. The Hall–Kier alpha value is -1.54. The fourth-order valence-corrected chi connectivity index (χ4v) is 2.90. The van der Waals surface area contributed by atoms with Crippen LogP contribution in [-0.2, 0) is 14.4 Å². The van der Waals surface area contributed by atoms with Gasteiger partial charge in [-0.15, -0.1) is 0 Å². The second-order valence-electron chi connectivity index (χ2n) is 5.40. The third kappa shape index (κ3) is 6.23. The number of likely N-dealkylation sites (N-methyl/N-ethyl adjacent to an activating group) is 1. The highest BCUT2D eigenvalue weighted by Crippen LogP contribution is 2.08. The van der Waals surface area contributed by atoms with Gasteiger partial charge >= 0.3 is 11.8 Å². The molecule has 0 saturated carbocycles. The topological polar surface area (TPSA) is 89.9 Å². The zero-order valence-electron chi connectivity index (χ0n) is 13.7. The van der Waals surface area contributed by atoms with Gasteiger partial charge in [0.2, 0.25) is 5.91 Å². The molecule has 0 aromatic rings. The average Bonchev–Trinajstić information content (AvgIpc) is 2.51. The van der Waals surface area contributed by atoms with Crippen molar-refractivity contribution in [3.05, 3.63) is 12.2 Å². The Morgan fingerprint density at radius 2 is 1.96 bits per heavy atom. The number of amides is 3. The van der Waals surface area contributed by atoms with Crippen molar-refractivity contribution in [2.75, 3.05) is 44.2 Å². The van der Waals surface area contributed by atoms with Gasteiger partial charge in [-0.05, 0) is 13.8 Å². The van der Waals surface area contributed by atoms with E-state index in [4.69, 9.17) is 0 Å². The molecule has 1 atom stereocenters. The first-order chi connectivity index (χ1) is 10.9. The Bertz CT molecular complexity index is 470.